The van der Waals surface area contributed by atoms with Gasteiger partial charge in [-0.3, -0.25) is 4.79 Å². The van der Waals surface area contributed by atoms with Gasteiger partial charge in [0.1, 0.15) is 17.2 Å². The van der Waals surface area contributed by atoms with Crippen molar-refractivity contribution in [3.8, 4) is 5.69 Å². The molecule has 32 heavy (non-hydrogen) atoms. The smallest absolute Gasteiger partial charge is 0.341 e. The van der Waals surface area contributed by atoms with Crippen LogP contribution in [0.25, 0.3) is 16.6 Å². The number of nitrogens with two attached hydrogens (primary N) is 2. The summed E-state index contributed by atoms with van der Waals surface area (Å²) in [5.41, 5.74) is 9.94. The van der Waals surface area contributed by atoms with Crippen LogP contribution < -0.4 is 21.8 Å². The zero-order valence-corrected chi connectivity index (χ0v) is 17.4. The lowest BCUT2D eigenvalue weighted by Crippen LogP contribution is -2.27. The van der Waals surface area contributed by atoms with Crippen molar-refractivity contribution in [2.75, 3.05) is 23.7 Å². The van der Waals surface area contributed by atoms with Crippen molar-refractivity contribution < 1.29 is 23.8 Å². The van der Waals surface area contributed by atoms with Crippen molar-refractivity contribution in [3.05, 3.63) is 62.4 Å². The maximum Gasteiger partial charge on any atom is 0.341 e. The first kappa shape index (κ1) is 22.0. The Bertz CT molecular complexity index is 1330. The van der Waals surface area contributed by atoms with Crippen LogP contribution in [0, 0.1) is 11.6 Å². The molecule has 0 radical (unpaired) electrons. The average molecular weight is 465 g/mol. The number of aromatic nitrogens is 1. The van der Waals surface area contributed by atoms with Gasteiger partial charge in [0.25, 0.3) is 0 Å². The van der Waals surface area contributed by atoms with Crippen molar-refractivity contribution in [3.63, 3.8) is 0 Å². The van der Waals surface area contributed by atoms with Crippen LogP contribution in [-0.2, 0) is 6.61 Å². The highest BCUT2D eigenvalue weighted by atomic mass is 35.5. The van der Waals surface area contributed by atoms with Crippen LogP contribution in [0.5, 0.6) is 0 Å². The molecular formula is C21H19ClF2N4O4. The summed E-state index contributed by atoms with van der Waals surface area (Å²) in [5, 5.41) is 18.8. The summed E-state index contributed by atoms with van der Waals surface area (Å²) in [6.45, 7) is 0.159. The van der Waals surface area contributed by atoms with Gasteiger partial charge in [-0.15, -0.1) is 0 Å². The number of pyridine rings is 1. The summed E-state index contributed by atoms with van der Waals surface area (Å²) in [4.78, 5) is 26.2. The first-order valence-electron chi connectivity index (χ1n) is 9.64. The first-order chi connectivity index (χ1) is 15.1. The van der Waals surface area contributed by atoms with Crippen LogP contribution in [0.1, 0.15) is 22.3 Å². The molecule has 0 saturated carbocycles. The molecule has 2 aromatic carbocycles. The number of hydrogen-bond donors (Lipinski definition) is 4. The number of halogens is 3. The van der Waals surface area contributed by atoms with E-state index in [0.717, 1.165) is 18.3 Å². The van der Waals surface area contributed by atoms with Gasteiger partial charge in [-0.2, -0.15) is 0 Å². The topological polar surface area (TPSA) is 135 Å². The van der Waals surface area contributed by atoms with Crippen molar-refractivity contribution in [2.45, 2.75) is 19.1 Å². The number of benzene rings is 2. The number of aromatic carboxylic acids is 1. The molecule has 1 saturated heterocycles. The number of fused-ring (bicyclic) bond motifs is 1. The van der Waals surface area contributed by atoms with E-state index in [9.17, 15) is 24.2 Å². The number of hydrogen-bond acceptors (Lipinski definition) is 6. The van der Waals surface area contributed by atoms with E-state index in [1.165, 1.54) is 10.6 Å². The zero-order valence-electron chi connectivity index (χ0n) is 16.6. The molecule has 4 rings (SSSR count). The van der Waals surface area contributed by atoms with Crippen LogP contribution in [0.2, 0.25) is 5.02 Å². The SMILES string of the molecule is Nc1cc(-n2cc(C(=O)O)c(=O)c3cc(F)c(N4CCC(N)C4)c(Cl)c32)c(CO)cc1F. The molecule has 8 nitrogen and oxygen atoms in total. The van der Waals surface area contributed by atoms with Gasteiger partial charge in [-0.1, -0.05) is 11.6 Å². The van der Waals surface area contributed by atoms with Crippen molar-refractivity contribution in [2.24, 2.45) is 5.73 Å². The highest BCUT2D eigenvalue weighted by Gasteiger charge is 2.28. The number of anilines is 2. The second kappa shape index (κ2) is 8.05. The highest BCUT2D eigenvalue weighted by molar-refractivity contribution is 6.38. The molecule has 0 spiro atoms. The van der Waals surface area contributed by atoms with Crippen LogP contribution in [0.4, 0.5) is 20.2 Å². The molecule has 1 atom stereocenters. The summed E-state index contributed by atoms with van der Waals surface area (Å²) in [7, 11) is 0. The van der Waals surface area contributed by atoms with Gasteiger partial charge in [0.15, 0.2) is 0 Å². The third-order valence-electron chi connectivity index (χ3n) is 5.56. The lowest BCUT2D eigenvalue weighted by molar-refractivity contribution is 0.0695. The Morgan fingerprint density at radius 1 is 1.25 bits per heavy atom. The van der Waals surface area contributed by atoms with Gasteiger partial charge < -0.3 is 31.1 Å². The number of carbonyl (C=O) groups is 1. The Labute approximate surface area is 185 Å². The molecule has 1 aromatic heterocycles. The molecule has 2 heterocycles. The molecule has 1 fully saturated rings. The molecule has 3 aromatic rings. The third-order valence-corrected chi connectivity index (χ3v) is 5.91. The Morgan fingerprint density at radius 3 is 2.56 bits per heavy atom. The minimum atomic E-state index is -1.54. The summed E-state index contributed by atoms with van der Waals surface area (Å²) >= 11 is 6.60. The number of nitrogens with zero attached hydrogens (tertiary/aromatic N) is 2. The molecule has 0 amide bonds. The third kappa shape index (κ3) is 3.46. The van der Waals surface area contributed by atoms with E-state index >= 15 is 4.39 Å². The molecule has 11 heteroatoms. The number of aliphatic hydroxyl groups is 1. The fraction of sp³-hybridized carbons (Fsp3) is 0.238. The predicted molar refractivity (Wildman–Crippen MR) is 117 cm³/mol. The second-order valence-corrected chi connectivity index (χ2v) is 8.00. The summed E-state index contributed by atoms with van der Waals surface area (Å²) in [5.74, 6) is -3.13. The van der Waals surface area contributed by atoms with E-state index in [2.05, 4.69) is 0 Å². The standard InChI is InChI=1S/C21H19ClF2N4O4/c22-17-18-11(4-14(24)19(17)27-2-1-10(25)6-27)20(30)12(21(31)32)7-28(18)16-5-15(26)13(23)3-9(16)8-29/h3-5,7,10,29H,1-2,6,8,25-26H2,(H,31,32). The minimum Gasteiger partial charge on any atom is -0.477 e. The van der Waals surface area contributed by atoms with Crippen LogP contribution in [0.15, 0.2) is 29.2 Å². The minimum absolute atomic E-state index is 0.000698. The first-order valence-corrected chi connectivity index (χ1v) is 10.0. The lowest BCUT2D eigenvalue weighted by Gasteiger charge is -2.23. The largest absolute Gasteiger partial charge is 0.477 e. The Hall–Kier alpha value is -3.21. The van der Waals surface area contributed by atoms with E-state index in [0.29, 0.717) is 19.5 Å². The van der Waals surface area contributed by atoms with Gasteiger partial charge in [0.05, 0.1) is 39.6 Å². The molecule has 168 valence electrons. The Balaban J connectivity index is 2.15. The van der Waals surface area contributed by atoms with Crippen LogP contribution in [0.3, 0.4) is 0 Å². The van der Waals surface area contributed by atoms with Crippen LogP contribution in [-0.4, -0.2) is 39.9 Å². The summed E-state index contributed by atoms with van der Waals surface area (Å²) in [6.07, 6.45) is 1.61. The highest BCUT2D eigenvalue weighted by Crippen LogP contribution is 2.38. The van der Waals surface area contributed by atoms with E-state index in [-0.39, 0.29) is 44.6 Å². The maximum atomic E-state index is 15.1. The lowest BCUT2D eigenvalue weighted by atomic mass is 10.1. The summed E-state index contributed by atoms with van der Waals surface area (Å²) < 4.78 is 30.3. The Morgan fingerprint density at radius 2 is 1.97 bits per heavy atom. The number of rotatable bonds is 4. The summed E-state index contributed by atoms with van der Waals surface area (Å²) in [6, 6.07) is 2.92. The molecule has 1 unspecified atom stereocenters. The van der Waals surface area contributed by atoms with Gasteiger partial charge in [0, 0.05) is 30.9 Å². The average Bonchev–Trinajstić information content (AvgIpc) is 3.16. The van der Waals surface area contributed by atoms with E-state index < -0.39 is 35.2 Å². The number of aliphatic hydroxyl groups excluding tert-OH is 1. The maximum absolute atomic E-state index is 15.1. The molecule has 6 N–H and O–H groups in total. The second-order valence-electron chi connectivity index (χ2n) is 7.62. The fourth-order valence-electron chi connectivity index (χ4n) is 4.00. The van der Waals surface area contributed by atoms with Gasteiger partial charge in [-0.25, -0.2) is 13.6 Å². The predicted octanol–water partition coefficient (Wildman–Crippen LogP) is 2.23. The molecule has 1 aliphatic rings. The van der Waals surface area contributed by atoms with Gasteiger partial charge in [0.2, 0.25) is 5.43 Å². The number of nitrogen functional groups attached to an aromatic ring is 1. The molecule has 1 aliphatic heterocycles. The van der Waals surface area contributed by atoms with E-state index in [1.807, 2.05) is 0 Å². The normalized spacial score (nSPS) is 16.2. The van der Waals surface area contributed by atoms with E-state index in [4.69, 9.17) is 23.1 Å². The molecular weight excluding hydrogens is 446 g/mol. The number of carboxylic acid groups (broad SMARTS) is 1. The Kier molecular flexibility index (Phi) is 5.53. The monoisotopic (exact) mass is 464 g/mol. The number of carboxylic acids is 1. The van der Waals surface area contributed by atoms with Crippen molar-refractivity contribution >= 4 is 39.8 Å². The van der Waals surface area contributed by atoms with Crippen LogP contribution >= 0.6 is 11.6 Å². The van der Waals surface area contributed by atoms with E-state index in [1.54, 1.807) is 4.90 Å². The van der Waals surface area contributed by atoms with Gasteiger partial charge in [-0.05, 0) is 24.6 Å². The van der Waals surface area contributed by atoms with Crippen molar-refractivity contribution in [1.82, 2.24) is 4.57 Å². The zero-order chi connectivity index (χ0) is 23.3. The van der Waals surface area contributed by atoms with Crippen molar-refractivity contribution in [1.29, 1.82) is 0 Å². The molecule has 0 bridgehead atoms. The molecule has 0 aliphatic carbocycles. The quantitative estimate of drug-likeness (QED) is 0.435. The van der Waals surface area contributed by atoms with Gasteiger partial charge >= 0.3 is 5.97 Å². The fourth-order valence-corrected chi connectivity index (χ4v) is 4.40.